The third kappa shape index (κ3) is 3.95. The normalized spacial score (nSPS) is 24.0. The van der Waals surface area contributed by atoms with Gasteiger partial charge >= 0.3 is 0 Å². The van der Waals surface area contributed by atoms with Crippen LogP contribution in [0.1, 0.15) is 39.5 Å². The third-order valence-corrected chi connectivity index (χ3v) is 8.58. The number of benzene rings is 2. The SMILES string of the molecule is CC(C)(Oc1ccc(Cl)cc1)C(=O)N1[C@H]2CC[C@H]1CC(S(=O)(=O)c1ccccc1)C2. The van der Waals surface area contributed by atoms with Crippen molar-refractivity contribution in [2.24, 2.45) is 0 Å². The van der Waals surface area contributed by atoms with Crippen molar-refractivity contribution in [3.8, 4) is 5.75 Å². The lowest BCUT2D eigenvalue weighted by atomic mass is 9.98. The summed E-state index contributed by atoms with van der Waals surface area (Å²) >= 11 is 5.93. The molecule has 0 unspecified atom stereocenters. The van der Waals surface area contributed by atoms with Crippen LogP contribution >= 0.6 is 11.6 Å². The average molecular weight is 448 g/mol. The molecule has 1 amide bonds. The Hall–Kier alpha value is -2.05. The first-order valence-corrected chi connectivity index (χ1v) is 12.2. The van der Waals surface area contributed by atoms with Gasteiger partial charge in [0.05, 0.1) is 10.1 Å². The second-order valence-electron chi connectivity index (χ2n) is 8.62. The van der Waals surface area contributed by atoms with E-state index in [1.165, 1.54) is 0 Å². The van der Waals surface area contributed by atoms with Gasteiger partial charge in [-0.15, -0.1) is 0 Å². The molecule has 0 aromatic heterocycles. The lowest BCUT2D eigenvalue weighted by molar-refractivity contribution is -0.150. The Morgan fingerprint density at radius 3 is 2.13 bits per heavy atom. The van der Waals surface area contributed by atoms with Crippen molar-refractivity contribution in [1.82, 2.24) is 4.90 Å². The van der Waals surface area contributed by atoms with Crippen molar-refractivity contribution in [2.75, 3.05) is 0 Å². The van der Waals surface area contributed by atoms with Crippen LogP contribution in [0.5, 0.6) is 5.75 Å². The highest BCUT2D eigenvalue weighted by Gasteiger charge is 2.50. The van der Waals surface area contributed by atoms with Crippen molar-refractivity contribution in [1.29, 1.82) is 0 Å². The van der Waals surface area contributed by atoms with Gasteiger partial charge in [-0.3, -0.25) is 4.79 Å². The van der Waals surface area contributed by atoms with Gasteiger partial charge in [-0.2, -0.15) is 0 Å². The van der Waals surface area contributed by atoms with Crippen LogP contribution in [-0.4, -0.2) is 42.2 Å². The molecule has 0 aliphatic carbocycles. The first-order valence-electron chi connectivity index (χ1n) is 10.2. The monoisotopic (exact) mass is 447 g/mol. The Bertz CT molecular complexity index is 1010. The fraction of sp³-hybridized carbons (Fsp3) is 0.435. The summed E-state index contributed by atoms with van der Waals surface area (Å²) in [6.45, 7) is 3.52. The van der Waals surface area contributed by atoms with E-state index in [1.807, 2.05) is 11.0 Å². The van der Waals surface area contributed by atoms with Gasteiger partial charge in [-0.25, -0.2) is 8.42 Å². The van der Waals surface area contributed by atoms with E-state index in [-0.39, 0.29) is 18.0 Å². The lowest BCUT2D eigenvalue weighted by Gasteiger charge is -2.42. The molecule has 2 aromatic carbocycles. The van der Waals surface area contributed by atoms with E-state index in [4.69, 9.17) is 16.3 Å². The van der Waals surface area contributed by atoms with Crippen molar-refractivity contribution in [3.05, 3.63) is 59.6 Å². The Balaban J connectivity index is 1.51. The van der Waals surface area contributed by atoms with Gasteiger partial charge in [0.2, 0.25) is 0 Å². The second-order valence-corrected chi connectivity index (χ2v) is 11.3. The maximum Gasteiger partial charge on any atom is 0.266 e. The predicted molar refractivity (Wildman–Crippen MR) is 116 cm³/mol. The molecule has 2 aromatic rings. The van der Waals surface area contributed by atoms with E-state index in [1.54, 1.807) is 62.4 Å². The van der Waals surface area contributed by atoms with Gasteiger partial charge in [0.1, 0.15) is 5.75 Å². The number of rotatable bonds is 5. The zero-order valence-electron chi connectivity index (χ0n) is 17.1. The molecule has 2 aliphatic rings. The zero-order chi connectivity index (χ0) is 21.5. The fourth-order valence-electron chi connectivity index (χ4n) is 4.67. The van der Waals surface area contributed by atoms with E-state index in [0.29, 0.717) is 28.5 Å². The molecule has 5 nitrogen and oxygen atoms in total. The molecule has 160 valence electrons. The van der Waals surface area contributed by atoms with E-state index >= 15 is 0 Å². The van der Waals surface area contributed by atoms with Crippen LogP contribution in [-0.2, 0) is 14.6 Å². The van der Waals surface area contributed by atoms with E-state index in [9.17, 15) is 13.2 Å². The molecule has 2 fully saturated rings. The first-order chi connectivity index (χ1) is 14.2. The number of amides is 1. The van der Waals surface area contributed by atoms with Crippen LogP contribution < -0.4 is 4.74 Å². The van der Waals surface area contributed by atoms with Gasteiger partial charge in [0.15, 0.2) is 15.4 Å². The highest BCUT2D eigenvalue weighted by molar-refractivity contribution is 7.92. The van der Waals surface area contributed by atoms with Crippen LogP contribution in [0.25, 0.3) is 0 Å². The van der Waals surface area contributed by atoms with Crippen LogP contribution in [0.2, 0.25) is 5.02 Å². The average Bonchev–Trinajstić information content (AvgIpc) is 2.98. The summed E-state index contributed by atoms with van der Waals surface area (Å²) in [5.41, 5.74) is -1.06. The number of carbonyl (C=O) groups is 1. The standard InChI is InChI=1S/C23H26ClNO4S/c1-23(2,29-19-12-8-16(24)9-13-19)22(26)25-17-10-11-18(25)15-21(14-17)30(27,28)20-6-4-3-5-7-20/h3-9,12-13,17-18,21H,10-11,14-15H2,1-2H3/t17-,18-/m0/s1. The highest BCUT2D eigenvalue weighted by atomic mass is 35.5. The molecule has 2 heterocycles. The quantitative estimate of drug-likeness (QED) is 0.677. The van der Waals surface area contributed by atoms with Crippen LogP contribution in [0.4, 0.5) is 0 Å². The second kappa shape index (κ2) is 7.89. The largest absolute Gasteiger partial charge is 0.478 e. The number of hydrogen-bond acceptors (Lipinski definition) is 4. The van der Waals surface area contributed by atoms with Gasteiger partial charge in [-0.1, -0.05) is 29.8 Å². The summed E-state index contributed by atoms with van der Waals surface area (Å²) in [6.07, 6.45) is 2.59. The molecule has 2 saturated heterocycles. The molecule has 0 radical (unpaired) electrons. The number of hydrogen-bond donors (Lipinski definition) is 0. The van der Waals surface area contributed by atoms with Crippen molar-refractivity contribution in [3.63, 3.8) is 0 Å². The van der Waals surface area contributed by atoms with Gasteiger partial charge in [0, 0.05) is 17.1 Å². The van der Waals surface area contributed by atoms with Crippen LogP contribution in [0.3, 0.4) is 0 Å². The molecular weight excluding hydrogens is 422 g/mol. The maximum absolute atomic E-state index is 13.4. The molecular formula is C23H26ClNO4S. The Labute approximate surface area is 182 Å². The minimum atomic E-state index is -3.41. The van der Waals surface area contributed by atoms with Crippen LogP contribution in [0, 0.1) is 0 Å². The Morgan fingerprint density at radius 1 is 1.00 bits per heavy atom. The fourth-order valence-corrected chi connectivity index (χ4v) is 6.66. The van der Waals surface area contributed by atoms with Crippen molar-refractivity contribution >= 4 is 27.3 Å². The van der Waals surface area contributed by atoms with Gasteiger partial charge in [0.25, 0.3) is 5.91 Å². The van der Waals surface area contributed by atoms with Gasteiger partial charge < -0.3 is 9.64 Å². The smallest absolute Gasteiger partial charge is 0.266 e. The summed E-state index contributed by atoms with van der Waals surface area (Å²) in [4.78, 5) is 15.6. The molecule has 2 aliphatic heterocycles. The minimum absolute atomic E-state index is 0.0761. The number of piperidine rings is 1. The zero-order valence-corrected chi connectivity index (χ0v) is 18.7. The summed E-state index contributed by atoms with van der Waals surface area (Å²) < 4.78 is 32.2. The highest BCUT2D eigenvalue weighted by Crippen LogP contribution is 2.41. The molecule has 2 bridgehead atoms. The molecule has 0 spiro atoms. The number of sulfone groups is 1. The molecule has 0 N–H and O–H groups in total. The third-order valence-electron chi connectivity index (χ3n) is 6.14. The van der Waals surface area contributed by atoms with E-state index < -0.39 is 20.7 Å². The first kappa shape index (κ1) is 21.2. The summed E-state index contributed by atoms with van der Waals surface area (Å²) in [5.74, 6) is 0.479. The minimum Gasteiger partial charge on any atom is -0.478 e. The lowest BCUT2D eigenvalue weighted by Crippen LogP contribution is -2.57. The molecule has 30 heavy (non-hydrogen) atoms. The topological polar surface area (TPSA) is 63.7 Å². The molecule has 7 heteroatoms. The maximum atomic E-state index is 13.4. The number of halogens is 1. The Kier molecular flexibility index (Phi) is 5.58. The molecule has 4 rings (SSSR count). The summed E-state index contributed by atoms with van der Waals surface area (Å²) in [5, 5.41) is 0.146. The summed E-state index contributed by atoms with van der Waals surface area (Å²) in [7, 11) is -3.41. The van der Waals surface area contributed by atoms with Gasteiger partial charge in [-0.05, 0) is 75.9 Å². The predicted octanol–water partition coefficient (Wildman–Crippen LogP) is 4.49. The number of nitrogens with zero attached hydrogens (tertiary/aromatic N) is 1. The van der Waals surface area contributed by atoms with E-state index in [0.717, 1.165) is 12.8 Å². The number of carbonyl (C=O) groups excluding carboxylic acids is 1. The van der Waals surface area contributed by atoms with E-state index in [2.05, 4.69) is 0 Å². The molecule has 2 atom stereocenters. The number of ether oxygens (including phenoxy) is 1. The number of fused-ring (bicyclic) bond motifs is 2. The van der Waals surface area contributed by atoms with Crippen molar-refractivity contribution < 1.29 is 17.9 Å². The summed E-state index contributed by atoms with van der Waals surface area (Å²) in [6, 6.07) is 15.4. The molecule has 0 saturated carbocycles. The Morgan fingerprint density at radius 2 is 1.57 bits per heavy atom. The van der Waals surface area contributed by atoms with Crippen LogP contribution in [0.15, 0.2) is 59.5 Å². The van der Waals surface area contributed by atoms with Crippen molar-refractivity contribution in [2.45, 2.75) is 67.4 Å².